The van der Waals surface area contributed by atoms with E-state index in [0.717, 1.165) is 5.82 Å². The topological polar surface area (TPSA) is 52.5 Å². The van der Waals surface area contributed by atoms with E-state index in [9.17, 15) is 0 Å². The fourth-order valence-electron chi connectivity index (χ4n) is 1.96. The van der Waals surface area contributed by atoms with Crippen molar-refractivity contribution in [1.29, 1.82) is 5.26 Å². The standard InChI is InChI=1S/C12H17N3/c1-8(2)10(6-13)12-14-7-11(15-12)9-4-3-5-9/h7-10H,3-5H2,1-2H3,(H,14,15). The summed E-state index contributed by atoms with van der Waals surface area (Å²) in [4.78, 5) is 7.65. The minimum atomic E-state index is -0.0983. The first kappa shape index (κ1) is 10.2. The molecule has 1 aliphatic rings. The van der Waals surface area contributed by atoms with Gasteiger partial charge in [-0.2, -0.15) is 5.26 Å². The van der Waals surface area contributed by atoms with Crippen LogP contribution in [-0.2, 0) is 0 Å². The second-order valence-electron chi connectivity index (χ2n) is 4.70. The normalized spacial score (nSPS) is 18.5. The highest BCUT2D eigenvalue weighted by Gasteiger charge is 2.24. The minimum Gasteiger partial charge on any atom is -0.345 e. The van der Waals surface area contributed by atoms with Crippen LogP contribution in [0.4, 0.5) is 0 Å². The number of imidazole rings is 1. The predicted molar refractivity (Wildman–Crippen MR) is 58.4 cm³/mol. The largest absolute Gasteiger partial charge is 0.345 e. The van der Waals surface area contributed by atoms with Crippen molar-refractivity contribution in [3.05, 3.63) is 17.7 Å². The molecule has 1 fully saturated rings. The van der Waals surface area contributed by atoms with E-state index in [0.29, 0.717) is 11.8 Å². The van der Waals surface area contributed by atoms with Crippen LogP contribution in [-0.4, -0.2) is 9.97 Å². The van der Waals surface area contributed by atoms with Crippen LogP contribution >= 0.6 is 0 Å². The van der Waals surface area contributed by atoms with Crippen LogP contribution in [0.3, 0.4) is 0 Å². The first-order valence-corrected chi connectivity index (χ1v) is 5.66. The fourth-order valence-corrected chi connectivity index (χ4v) is 1.96. The monoisotopic (exact) mass is 203 g/mol. The molecule has 0 aliphatic heterocycles. The highest BCUT2D eigenvalue weighted by molar-refractivity contribution is 5.17. The van der Waals surface area contributed by atoms with Crippen molar-refractivity contribution in [2.45, 2.75) is 44.9 Å². The van der Waals surface area contributed by atoms with Crippen molar-refractivity contribution >= 4 is 0 Å². The number of nitrogens with one attached hydrogen (secondary N) is 1. The molecule has 1 N–H and O–H groups in total. The molecule has 0 amide bonds. The van der Waals surface area contributed by atoms with Crippen LogP contribution in [0, 0.1) is 17.2 Å². The Labute approximate surface area is 90.5 Å². The molecule has 0 saturated heterocycles. The molecular weight excluding hydrogens is 186 g/mol. The van der Waals surface area contributed by atoms with Gasteiger partial charge in [-0.15, -0.1) is 0 Å². The van der Waals surface area contributed by atoms with Gasteiger partial charge in [0.05, 0.1) is 6.07 Å². The summed E-state index contributed by atoms with van der Waals surface area (Å²) in [6.45, 7) is 4.11. The van der Waals surface area contributed by atoms with Crippen molar-refractivity contribution in [2.24, 2.45) is 5.92 Å². The summed E-state index contributed by atoms with van der Waals surface area (Å²) >= 11 is 0. The first-order valence-electron chi connectivity index (χ1n) is 5.66. The van der Waals surface area contributed by atoms with Gasteiger partial charge in [0, 0.05) is 17.8 Å². The Morgan fingerprint density at radius 3 is 2.73 bits per heavy atom. The summed E-state index contributed by atoms with van der Waals surface area (Å²) < 4.78 is 0. The molecular formula is C12H17N3. The summed E-state index contributed by atoms with van der Waals surface area (Å²) in [5, 5.41) is 9.06. The lowest BCUT2D eigenvalue weighted by atomic mass is 9.83. The maximum absolute atomic E-state index is 9.06. The summed E-state index contributed by atoms with van der Waals surface area (Å²) in [7, 11) is 0. The summed E-state index contributed by atoms with van der Waals surface area (Å²) in [6, 6.07) is 2.31. The van der Waals surface area contributed by atoms with Crippen LogP contribution in [0.1, 0.15) is 56.5 Å². The van der Waals surface area contributed by atoms with Gasteiger partial charge in [0.1, 0.15) is 11.7 Å². The zero-order valence-corrected chi connectivity index (χ0v) is 9.33. The van der Waals surface area contributed by atoms with Gasteiger partial charge in [-0.3, -0.25) is 0 Å². The lowest BCUT2D eigenvalue weighted by Gasteiger charge is -2.23. The Morgan fingerprint density at radius 1 is 1.53 bits per heavy atom. The van der Waals surface area contributed by atoms with Crippen molar-refractivity contribution in [2.75, 3.05) is 0 Å². The Hall–Kier alpha value is -1.30. The third kappa shape index (κ3) is 1.90. The number of H-pyrrole nitrogens is 1. The van der Waals surface area contributed by atoms with E-state index in [1.807, 2.05) is 6.20 Å². The quantitative estimate of drug-likeness (QED) is 0.821. The van der Waals surface area contributed by atoms with Crippen molar-refractivity contribution < 1.29 is 0 Å². The van der Waals surface area contributed by atoms with Gasteiger partial charge >= 0.3 is 0 Å². The lowest BCUT2D eigenvalue weighted by molar-refractivity contribution is 0.411. The van der Waals surface area contributed by atoms with Crippen LogP contribution < -0.4 is 0 Å². The lowest BCUT2D eigenvalue weighted by Crippen LogP contribution is -2.10. The molecule has 1 atom stereocenters. The molecule has 1 unspecified atom stereocenters. The van der Waals surface area contributed by atoms with E-state index < -0.39 is 0 Å². The summed E-state index contributed by atoms with van der Waals surface area (Å²) in [5.41, 5.74) is 1.22. The molecule has 3 nitrogen and oxygen atoms in total. The molecule has 1 aromatic heterocycles. The Balaban J connectivity index is 2.15. The number of rotatable bonds is 3. The Bertz CT molecular complexity index is 368. The highest BCUT2D eigenvalue weighted by atomic mass is 14.9. The molecule has 3 heteroatoms. The molecule has 80 valence electrons. The zero-order valence-electron chi connectivity index (χ0n) is 9.33. The maximum atomic E-state index is 9.06. The van der Waals surface area contributed by atoms with E-state index in [2.05, 4.69) is 29.9 Å². The smallest absolute Gasteiger partial charge is 0.123 e. The summed E-state index contributed by atoms with van der Waals surface area (Å²) in [6.07, 6.45) is 5.76. The Kier molecular flexibility index (Phi) is 2.77. The number of nitriles is 1. The number of aromatic amines is 1. The zero-order chi connectivity index (χ0) is 10.8. The van der Waals surface area contributed by atoms with Gasteiger partial charge in [0.25, 0.3) is 0 Å². The van der Waals surface area contributed by atoms with Crippen molar-refractivity contribution in [3.8, 4) is 6.07 Å². The number of hydrogen-bond donors (Lipinski definition) is 1. The molecule has 0 bridgehead atoms. The second kappa shape index (κ2) is 4.06. The average Bonchev–Trinajstić information content (AvgIpc) is 2.51. The fraction of sp³-hybridized carbons (Fsp3) is 0.667. The van der Waals surface area contributed by atoms with E-state index in [4.69, 9.17) is 5.26 Å². The third-order valence-corrected chi connectivity index (χ3v) is 3.26. The third-order valence-electron chi connectivity index (χ3n) is 3.26. The molecule has 0 radical (unpaired) electrons. The molecule has 15 heavy (non-hydrogen) atoms. The minimum absolute atomic E-state index is 0.0983. The molecule has 0 aromatic carbocycles. The molecule has 1 aromatic rings. The van der Waals surface area contributed by atoms with E-state index >= 15 is 0 Å². The van der Waals surface area contributed by atoms with E-state index in [1.165, 1.54) is 25.0 Å². The van der Waals surface area contributed by atoms with Crippen LogP contribution in [0.25, 0.3) is 0 Å². The number of nitrogens with zero attached hydrogens (tertiary/aromatic N) is 2. The van der Waals surface area contributed by atoms with Gasteiger partial charge in [0.2, 0.25) is 0 Å². The van der Waals surface area contributed by atoms with Gasteiger partial charge in [-0.05, 0) is 18.8 Å². The number of aromatic nitrogens is 2. The average molecular weight is 203 g/mol. The van der Waals surface area contributed by atoms with Crippen molar-refractivity contribution in [1.82, 2.24) is 9.97 Å². The summed E-state index contributed by atoms with van der Waals surface area (Å²) in [5.74, 6) is 1.72. The maximum Gasteiger partial charge on any atom is 0.123 e. The molecule has 1 aliphatic carbocycles. The Morgan fingerprint density at radius 2 is 2.27 bits per heavy atom. The van der Waals surface area contributed by atoms with Crippen LogP contribution in [0.15, 0.2) is 6.20 Å². The van der Waals surface area contributed by atoms with Crippen molar-refractivity contribution in [3.63, 3.8) is 0 Å². The van der Waals surface area contributed by atoms with Crippen LogP contribution in [0.2, 0.25) is 0 Å². The highest BCUT2D eigenvalue weighted by Crippen LogP contribution is 2.36. The van der Waals surface area contributed by atoms with Gasteiger partial charge < -0.3 is 4.98 Å². The molecule has 2 rings (SSSR count). The molecule has 1 heterocycles. The number of hydrogen-bond acceptors (Lipinski definition) is 2. The second-order valence-corrected chi connectivity index (χ2v) is 4.70. The van der Waals surface area contributed by atoms with E-state index in [-0.39, 0.29) is 5.92 Å². The first-order chi connectivity index (χ1) is 7.22. The van der Waals surface area contributed by atoms with E-state index in [1.54, 1.807) is 0 Å². The van der Waals surface area contributed by atoms with Gasteiger partial charge in [-0.25, -0.2) is 4.98 Å². The predicted octanol–water partition coefficient (Wildman–Crippen LogP) is 2.94. The van der Waals surface area contributed by atoms with Gasteiger partial charge in [0.15, 0.2) is 0 Å². The molecule has 1 saturated carbocycles. The molecule has 0 spiro atoms. The van der Waals surface area contributed by atoms with Gasteiger partial charge in [-0.1, -0.05) is 20.3 Å². The SMILES string of the molecule is CC(C)C(C#N)c1ncc(C2CCC2)[nH]1. The van der Waals surface area contributed by atoms with Crippen LogP contribution in [0.5, 0.6) is 0 Å².